The molecule has 104 valence electrons. The van der Waals surface area contributed by atoms with Gasteiger partial charge in [-0.2, -0.15) is 0 Å². The molecule has 0 heterocycles. The van der Waals surface area contributed by atoms with Crippen molar-refractivity contribution < 1.29 is 0 Å². The van der Waals surface area contributed by atoms with Gasteiger partial charge in [-0.05, 0) is 42.8 Å². The van der Waals surface area contributed by atoms with Gasteiger partial charge in [0.25, 0.3) is 0 Å². The molecule has 0 aliphatic rings. The fourth-order valence-corrected chi connectivity index (χ4v) is 2.26. The quantitative estimate of drug-likeness (QED) is 0.738. The minimum atomic E-state index is 0.144. The monoisotopic (exact) mass is 277 g/mol. The van der Waals surface area contributed by atoms with Crippen LogP contribution in [-0.4, -0.2) is 24.0 Å². The molecule has 1 aromatic rings. The van der Waals surface area contributed by atoms with Gasteiger partial charge in [-0.15, -0.1) is 0 Å². The predicted molar refractivity (Wildman–Crippen MR) is 84.5 cm³/mol. The third-order valence-corrected chi connectivity index (χ3v) is 3.45. The van der Waals surface area contributed by atoms with E-state index in [4.69, 9.17) is 11.6 Å². The molecule has 0 bridgehead atoms. The summed E-state index contributed by atoms with van der Waals surface area (Å²) in [4.78, 5) is 2.41. The van der Waals surface area contributed by atoms with Crippen molar-refractivity contribution in [3.05, 3.63) is 34.9 Å². The fourth-order valence-electron chi connectivity index (χ4n) is 2.13. The van der Waals surface area contributed by atoms with Gasteiger partial charge in [0, 0.05) is 10.6 Å². The Hall–Kier alpha value is -0.970. The van der Waals surface area contributed by atoms with Crippen molar-refractivity contribution in [3.8, 4) is 11.8 Å². The second kappa shape index (κ2) is 6.98. The predicted octanol–water partition coefficient (Wildman–Crippen LogP) is 4.45. The van der Waals surface area contributed by atoms with E-state index in [1.165, 1.54) is 0 Å². The van der Waals surface area contributed by atoms with Gasteiger partial charge in [-0.25, -0.2) is 0 Å². The van der Waals surface area contributed by atoms with Gasteiger partial charge in [0.2, 0.25) is 0 Å². The van der Waals surface area contributed by atoms with Crippen molar-refractivity contribution >= 4 is 11.6 Å². The Morgan fingerprint density at radius 1 is 1.11 bits per heavy atom. The van der Waals surface area contributed by atoms with Crippen molar-refractivity contribution in [2.75, 3.05) is 13.1 Å². The molecule has 2 heteroatoms. The van der Waals surface area contributed by atoms with Gasteiger partial charge in [-0.1, -0.05) is 58.1 Å². The lowest BCUT2D eigenvalue weighted by Crippen LogP contribution is -2.42. The zero-order valence-corrected chi connectivity index (χ0v) is 13.4. The Morgan fingerprint density at radius 2 is 1.63 bits per heavy atom. The Kier molecular flexibility index (Phi) is 5.91. The topological polar surface area (TPSA) is 3.24 Å². The van der Waals surface area contributed by atoms with Crippen molar-refractivity contribution in [1.82, 2.24) is 4.90 Å². The molecule has 0 amide bonds. The molecule has 0 aliphatic carbocycles. The molecule has 1 unspecified atom stereocenters. The molecule has 0 radical (unpaired) electrons. The molecule has 0 saturated heterocycles. The Morgan fingerprint density at radius 3 is 2.05 bits per heavy atom. The first-order valence-electron chi connectivity index (χ1n) is 6.89. The van der Waals surface area contributed by atoms with Crippen LogP contribution in [0, 0.1) is 17.3 Å². The van der Waals surface area contributed by atoms with Crippen molar-refractivity contribution in [1.29, 1.82) is 0 Å². The third-order valence-electron chi connectivity index (χ3n) is 3.20. The maximum absolute atomic E-state index is 5.89. The van der Waals surface area contributed by atoms with Crippen LogP contribution in [0.25, 0.3) is 0 Å². The highest BCUT2D eigenvalue weighted by molar-refractivity contribution is 6.30. The Balaban J connectivity index is 2.99. The van der Waals surface area contributed by atoms with Crippen LogP contribution < -0.4 is 0 Å². The van der Waals surface area contributed by atoms with Crippen LogP contribution in [-0.2, 0) is 0 Å². The van der Waals surface area contributed by atoms with E-state index in [2.05, 4.69) is 51.4 Å². The molecule has 1 aromatic carbocycles. The summed E-state index contributed by atoms with van der Waals surface area (Å²) in [6, 6.07) is 7.97. The summed E-state index contributed by atoms with van der Waals surface area (Å²) < 4.78 is 0. The molecule has 1 atom stereocenters. The summed E-state index contributed by atoms with van der Waals surface area (Å²) in [6.07, 6.45) is 0. The van der Waals surface area contributed by atoms with Crippen LogP contribution >= 0.6 is 11.6 Å². The first-order chi connectivity index (χ1) is 8.88. The highest BCUT2D eigenvalue weighted by atomic mass is 35.5. The van der Waals surface area contributed by atoms with Crippen molar-refractivity contribution in [2.45, 2.75) is 40.7 Å². The number of hydrogen-bond donors (Lipinski definition) is 0. The third kappa shape index (κ3) is 4.90. The first kappa shape index (κ1) is 16.1. The fraction of sp³-hybridized carbons (Fsp3) is 0.529. The SMILES string of the molecule is CCN(CC)C(C#Cc1ccc(Cl)cc1)C(C)(C)C. The van der Waals surface area contributed by atoms with Crippen LogP contribution in [0.3, 0.4) is 0 Å². The maximum atomic E-state index is 5.89. The molecule has 19 heavy (non-hydrogen) atoms. The van der Waals surface area contributed by atoms with E-state index in [-0.39, 0.29) is 11.5 Å². The van der Waals surface area contributed by atoms with Gasteiger partial charge < -0.3 is 0 Å². The van der Waals surface area contributed by atoms with Crippen LogP contribution in [0.2, 0.25) is 5.02 Å². The van der Waals surface area contributed by atoms with Crippen LogP contribution in [0.1, 0.15) is 40.2 Å². The number of halogens is 1. The summed E-state index contributed by atoms with van der Waals surface area (Å²) in [6.45, 7) is 13.1. The lowest BCUT2D eigenvalue weighted by Gasteiger charge is -2.35. The molecule has 0 saturated carbocycles. The lowest BCUT2D eigenvalue weighted by atomic mass is 9.85. The number of hydrogen-bond acceptors (Lipinski definition) is 1. The lowest BCUT2D eigenvalue weighted by molar-refractivity contribution is 0.155. The zero-order chi connectivity index (χ0) is 14.5. The van der Waals surface area contributed by atoms with Gasteiger partial charge in [-0.3, -0.25) is 4.90 Å². The number of rotatable bonds is 3. The molecule has 0 aromatic heterocycles. The largest absolute Gasteiger partial charge is 0.290 e. The first-order valence-corrected chi connectivity index (χ1v) is 7.27. The molecule has 1 nitrogen and oxygen atoms in total. The van der Waals surface area contributed by atoms with E-state index in [9.17, 15) is 0 Å². The number of benzene rings is 1. The summed E-state index contributed by atoms with van der Waals surface area (Å²) >= 11 is 5.89. The standard InChI is InChI=1S/C17H24ClN/c1-6-19(7-2)16(17(3,4)5)13-10-14-8-11-15(18)12-9-14/h8-9,11-12,16H,6-7H2,1-5H3. The highest BCUT2D eigenvalue weighted by Crippen LogP contribution is 2.24. The molecule has 0 N–H and O–H groups in total. The van der Waals surface area contributed by atoms with E-state index >= 15 is 0 Å². The molecular formula is C17H24ClN. The summed E-state index contributed by atoms with van der Waals surface area (Å²) in [5, 5.41) is 0.752. The summed E-state index contributed by atoms with van der Waals surface area (Å²) in [7, 11) is 0. The second-order valence-electron chi connectivity index (χ2n) is 5.77. The summed E-state index contributed by atoms with van der Waals surface area (Å²) in [5.74, 6) is 6.71. The van der Waals surface area contributed by atoms with Crippen LogP contribution in [0.15, 0.2) is 24.3 Å². The van der Waals surface area contributed by atoms with E-state index in [1.54, 1.807) is 0 Å². The average molecular weight is 278 g/mol. The highest BCUT2D eigenvalue weighted by Gasteiger charge is 2.27. The molecule has 0 spiro atoms. The van der Waals surface area contributed by atoms with Gasteiger partial charge >= 0.3 is 0 Å². The van der Waals surface area contributed by atoms with Crippen molar-refractivity contribution in [2.24, 2.45) is 5.41 Å². The second-order valence-corrected chi connectivity index (χ2v) is 6.20. The minimum absolute atomic E-state index is 0.144. The van der Waals surface area contributed by atoms with Gasteiger partial charge in [0.15, 0.2) is 0 Å². The molecular weight excluding hydrogens is 254 g/mol. The summed E-state index contributed by atoms with van der Waals surface area (Å²) in [5.41, 5.74) is 1.16. The Labute approximate surface area is 123 Å². The molecule has 0 aliphatic heterocycles. The average Bonchev–Trinajstić information content (AvgIpc) is 2.35. The van der Waals surface area contributed by atoms with Gasteiger partial charge in [0.05, 0.1) is 6.04 Å². The zero-order valence-electron chi connectivity index (χ0n) is 12.6. The Bertz CT molecular complexity index is 441. The van der Waals surface area contributed by atoms with E-state index in [1.807, 2.05) is 24.3 Å². The van der Waals surface area contributed by atoms with Gasteiger partial charge in [0.1, 0.15) is 0 Å². The normalized spacial score (nSPS) is 13.0. The van der Waals surface area contributed by atoms with E-state index < -0.39 is 0 Å². The van der Waals surface area contributed by atoms with Crippen LogP contribution in [0.4, 0.5) is 0 Å². The van der Waals surface area contributed by atoms with E-state index in [0.717, 1.165) is 23.7 Å². The number of nitrogens with zero attached hydrogens (tertiary/aromatic N) is 1. The maximum Gasteiger partial charge on any atom is 0.0767 e. The minimum Gasteiger partial charge on any atom is -0.290 e. The van der Waals surface area contributed by atoms with Crippen LogP contribution in [0.5, 0.6) is 0 Å². The van der Waals surface area contributed by atoms with Crippen molar-refractivity contribution in [3.63, 3.8) is 0 Å². The molecule has 1 rings (SSSR count). The smallest absolute Gasteiger partial charge is 0.0767 e. The van der Waals surface area contributed by atoms with E-state index in [0.29, 0.717) is 0 Å². The molecule has 0 fully saturated rings.